The van der Waals surface area contributed by atoms with E-state index in [4.69, 9.17) is 9.47 Å². The summed E-state index contributed by atoms with van der Waals surface area (Å²) in [5.41, 5.74) is 5.17. The van der Waals surface area contributed by atoms with Crippen molar-refractivity contribution in [2.75, 3.05) is 20.8 Å². The predicted octanol–water partition coefficient (Wildman–Crippen LogP) is 4.81. The van der Waals surface area contributed by atoms with Gasteiger partial charge in [0.15, 0.2) is 0 Å². The SMILES string of the molecule is COc1cc(OC)cc([C@@H]2c3cccn3CCCN2Cc2cccc(C)c2)c1. The van der Waals surface area contributed by atoms with E-state index in [2.05, 4.69) is 71.1 Å². The van der Waals surface area contributed by atoms with Crippen molar-refractivity contribution in [3.8, 4) is 11.5 Å². The quantitative estimate of drug-likeness (QED) is 0.639. The first-order valence-corrected chi connectivity index (χ1v) is 9.85. The summed E-state index contributed by atoms with van der Waals surface area (Å²) in [6.45, 7) is 5.16. The Morgan fingerprint density at radius 1 is 0.929 bits per heavy atom. The van der Waals surface area contributed by atoms with Gasteiger partial charge < -0.3 is 14.0 Å². The normalized spacial score (nSPS) is 17.0. The summed E-state index contributed by atoms with van der Waals surface area (Å²) in [5.74, 6) is 1.65. The summed E-state index contributed by atoms with van der Waals surface area (Å²) in [5, 5.41) is 0. The first-order valence-electron chi connectivity index (χ1n) is 9.85. The predicted molar refractivity (Wildman–Crippen MR) is 112 cm³/mol. The van der Waals surface area contributed by atoms with Crippen LogP contribution in [-0.2, 0) is 13.1 Å². The molecule has 1 aliphatic heterocycles. The number of benzene rings is 2. The van der Waals surface area contributed by atoms with Crippen LogP contribution in [0.4, 0.5) is 0 Å². The summed E-state index contributed by atoms with van der Waals surface area (Å²) in [7, 11) is 3.41. The third-order valence-corrected chi connectivity index (χ3v) is 5.51. The molecule has 4 heteroatoms. The molecular formula is C24H28N2O2. The van der Waals surface area contributed by atoms with Gasteiger partial charge in [-0.1, -0.05) is 29.8 Å². The van der Waals surface area contributed by atoms with E-state index in [0.717, 1.165) is 37.6 Å². The summed E-state index contributed by atoms with van der Waals surface area (Å²) in [4.78, 5) is 2.57. The van der Waals surface area contributed by atoms with Gasteiger partial charge in [-0.25, -0.2) is 0 Å². The average Bonchev–Trinajstić information content (AvgIpc) is 3.09. The number of hydrogen-bond donors (Lipinski definition) is 0. The van der Waals surface area contributed by atoms with Crippen molar-refractivity contribution in [1.82, 2.24) is 9.47 Å². The number of aromatic nitrogens is 1. The first kappa shape index (κ1) is 18.6. The Balaban J connectivity index is 1.79. The number of rotatable bonds is 5. The molecule has 1 aliphatic rings. The maximum absolute atomic E-state index is 5.55. The van der Waals surface area contributed by atoms with Gasteiger partial charge in [0, 0.05) is 37.6 Å². The van der Waals surface area contributed by atoms with Crippen molar-refractivity contribution in [2.24, 2.45) is 0 Å². The molecule has 3 aromatic rings. The van der Waals surface area contributed by atoms with E-state index in [0.29, 0.717) is 0 Å². The highest BCUT2D eigenvalue weighted by atomic mass is 16.5. The highest BCUT2D eigenvalue weighted by molar-refractivity contribution is 5.42. The first-order chi connectivity index (χ1) is 13.7. The minimum absolute atomic E-state index is 0.155. The standard InChI is InChI=1S/C24H28N2O2/c1-18-7-4-8-19(13-18)17-26-12-6-11-25-10-5-9-23(25)24(26)20-14-21(27-2)16-22(15-20)28-3/h4-5,7-10,13-16,24H,6,11-12,17H2,1-3H3/t24-/m1/s1. The van der Waals surface area contributed by atoms with Gasteiger partial charge in [0.05, 0.1) is 20.3 Å². The van der Waals surface area contributed by atoms with Crippen LogP contribution in [0.3, 0.4) is 0 Å². The third kappa shape index (κ3) is 3.78. The summed E-state index contributed by atoms with van der Waals surface area (Å²) < 4.78 is 13.5. The lowest BCUT2D eigenvalue weighted by Crippen LogP contribution is -2.29. The fourth-order valence-electron chi connectivity index (χ4n) is 4.22. The molecule has 0 amide bonds. The van der Waals surface area contributed by atoms with Crippen LogP contribution < -0.4 is 9.47 Å². The fourth-order valence-corrected chi connectivity index (χ4v) is 4.22. The van der Waals surface area contributed by atoms with E-state index < -0.39 is 0 Å². The van der Waals surface area contributed by atoms with Crippen LogP contribution in [0.1, 0.15) is 34.8 Å². The second kappa shape index (κ2) is 8.11. The van der Waals surface area contributed by atoms with Crippen LogP contribution >= 0.6 is 0 Å². The zero-order valence-electron chi connectivity index (χ0n) is 16.9. The van der Waals surface area contributed by atoms with Gasteiger partial charge in [0.25, 0.3) is 0 Å². The Morgan fingerprint density at radius 3 is 2.43 bits per heavy atom. The molecule has 0 fully saturated rings. The lowest BCUT2D eigenvalue weighted by Gasteiger charge is -2.31. The molecule has 2 heterocycles. The molecule has 0 saturated heterocycles. The number of ether oxygens (including phenoxy) is 2. The lowest BCUT2D eigenvalue weighted by molar-refractivity contribution is 0.219. The van der Waals surface area contributed by atoms with Crippen molar-refractivity contribution in [3.05, 3.63) is 83.2 Å². The van der Waals surface area contributed by atoms with Crippen LogP contribution in [0.2, 0.25) is 0 Å². The Labute approximate surface area is 167 Å². The summed E-state index contributed by atoms with van der Waals surface area (Å²) >= 11 is 0. The Kier molecular flexibility index (Phi) is 5.40. The molecule has 0 radical (unpaired) electrons. The molecule has 2 aromatic carbocycles. The molecule has 4 nitrogen and oxygen atoms in total. The molecular weight excluding hydrogens is 348 g/mol. The molecule has 146 valence electrons. The van der Waals surface area contributed by atoms with Crippen molar-refractivity contribution in [3.63, 3.8) is 0 Å². The third-order valence-electron chi connectivity index (χ3n) is 5.51. The number of nitrogens with zero attached hydrogens (tertiary/aromatic N) is 2. The molecule has 0 N–H and O–H groups in total. The minimum atomic E-state index is 0.155. The molecule has 0 aliphatic carbocycles. The Bertz CT molecular complexity index is 925. The summed E-state index contributed by atoms with van der Waals surface area (Å²) in [6, 6.07) is 19.6. The number of aryl methyl sites for hydroxylation is 2. The zero-order valence-corrected chi connectivity index (χ0v) is 16.9. The van der Waals surface area contributed by atoms with E-state index in [-0.39, 0.29) is 6.04 Å². The molecule has 0 unspecified atom stereocenters. The molecule has 1 atom stereocenters. The molecule has 0 saturated carbocycles. The van der Waals surface area contributed by atoms with Gasteiger partial charge in [0.2, 0.25) is 0 Å². The monoisotopic (exact) mass is 376 g/mol. The van der Waals surface area contributed by atoms with Gasteiger partial charge >= 0.3 is 0 Å². The minimum Gasteiger partial charge on any atom is -0.497 e. The van der Waals surface area contributed by atoms with E-state index in [1.165, 1.54) is 22.4 Å². The van der Waals surface area contributed by atoms with Crippen molar-refractivity contribution in [2.45, 2.75) is 32.5 Å². The molecule has 0 bridgehead atoms. The number of fused-ring (bicyclic) bond motifs is 1. The molecule has 4 rings (SSSR count). The average molecular weight is 377 g/mol. The van der Waals surface area contributed by atoms with Gasteiger partial charge in [-0.05, 0) is 48.7 Å². The van der Waals surface area contributed by atoms with E-state index in [1.807, 2.05) is 6.07 Å². The topological polar surface area (TPSA) is 26.6 Å². The molecule has 1 aromatic heterocycles. The molecule has 28 heavy (non-hydrogen) atoms. The van der Waals surface area contributed by atoms with Crippen molar-refractivity contribution >= 4 is 0 Å². The number of hydrogen-bond acceptors (Lipinski definition) is 3. The van der Waals surface area contributed by atoms with E-state index >= 15 is 0 Å². The Morgan fingerprint density at radius 2 is 1.71 bits per heavy atom. The lowest BCUT2D eigenvalue weighted by atomic mass is 10.00. The smallest absolute Gasteiger partial charge is 0.122 e. The maximum atomic E-state index is 5.55. The molecule has 0 spiro atoms. The highest BCUT2D eigenvalue weighted by Gasteiger charge is 2.28. The van der Waals surface area contributed by atoms with Gasteiger partial charge in [-0.3, -0.25) is 4.90 Å². The largest absolute Gasteiger partial charge is 0.497 e. The highest BCUT2D eigenvalue weighted by Crippen LogP contribution is 2.36. The van der Waals surface area contributed by atoms with Gasteiger partial charge in [0.1, 0.15) is 11.5 Å². The van der Waals surface area contributed by atoms with E-state index in [1.54, 1.807) is 14.2 Å². The van der Waals surface area contributed by atoms with Crippen LogP contribution in [0.25, 0.3) is 0 Å². The van der Waals surface area contributed by atoms with Crippen LogP contribution in [-0.4, -0.2) is 30.2 Å². The van der Waals surface area contributed by atoms with Gasteiger partial charge in [-0.15, -0.1) is 0 Å². The Hall–Kier alpha value is -2.72. The summed E-state index contributed by atoms with van der Waals surface area (Å²) in [6.07, 6.45) is 3.32. The van der Waals surface area contributed by atoms with Gasteiger partial charge in [-0.2, -0.15) is 0 Å². The van der Waals surface area contributed by atoms with Crippen LogP contribution in [0, 0.1) is 6.92 Å². The van der Waals surface area contributed by atoms with Crippen LogP contribution in [0.15, 0.2) is 60.8 Å². The van der Waals surface area contributed by atoms with Crippen molar-refractivity contribution < 1.29 is 9.47 Å². The second-order valence-electron chi connectivity index (χ2n) is 7.49. The zero-order chi connectivity index (χ0) is 19.5. The number of methoxy groups -OCH3 is 2. The second-order valence-corrected chi connectivity index (χ2v) is 7.49. The fraction of sp³-hybridized carbons (Fsp3) is 0.333. The van der Waals surface area contributed by atoms with Crippen molar-refractivity contribution in [1.29, 1.82) is 0 Å². The van der Waals surface area contributed by atoms with Crippen LogP contribution in [0.5, 0.6) is 11.5 Å². The van der Waals surface area contributed by atoms with E-state index in [9.17, 15) is 0 Å². The maximum Gasteiger partial charge on any atom is 0.122 e.